The molecule has 1 aromatic carbocycles. The molecule has 118 valence electrons. The average molecular weight is 325 g/mol. The number of aliphatic hydroxyl groups is 1. The zero-order chi connectivity index (χ0) is 15.6. The van der Waals surface area contributed by atoms with Gasteiger partial charge in [0.2, 0.25) is 5.79 Å². The molecule has 0 aliphatic carbocycles. The number of hydrogen-bond acceptors (Lipinski definition) is 6. The Labute approximate surface area is 131 Å². The summed E-state index contributed by atoms with van der Waals surface area (Å²) in [4.78, 5) is 4.15. The van der Waals surface area contributed by atoms with Crippen LogP contribution in [0.2, 0.25) is 0 Å². The Bertz CT molecular complexity index is 637. The summed E-state index contributed by atoms with van der Waals surface area (Å²) >= 11 is 1.43. The van der Waals surface area contributed by atoms with Crippen LogP contribution < -0.4 is 0 Å². The van der Waals surface area contributed by atoms with Gasteiger partial charge in [-0.05, 0) is 12.1 Å². The smallest absolute Gasteiger partial charge is 0.205 e. The van der Waals surface area contributed by atoms with Crippen LogP contribution in [0, 0.1) is 5.82 Å². The van der Waals surface area contributed by atoms with Crippen molar-refractivity contribution in [1.29, 1.82) is 0 Å². The minimum absolute atomic E-state index is 0.127. The summed E-state index contributed by atoms with van der Waals surface area (Å²) in [6.45, 7) is 0.158. The van der Waals surface area contributed by atoms with Crippen LogP contribution in [0.25, 0.3) is 0 Å². The summed E-state index contributed by atoms with van der Waals surface area (Å²) in [7, 11) is 1.80. The van der Waals surface area contributed by atoms with Crippen LogP contribution in [0.1, 0.15) is 5.56 Å². The third-order valence-electron chi connectivity index (χ3n) is 3.41. The van der Waals surface area contributed by atoms with E-state index in [0.29, 0.717) is 11.3 Å². The number of halogens is 1. The van der Waals surface area contributed by atoms with Gasteiger partial charge in [0.15, 0.2) is 5.16 Å². The van der Waals surface area contributed by atoms with E-state index in [1.807, 2.05) is 0 Å². The molecule has 0 spiro atoms. The molecule has 0 amide bonds. The van der Waals surface area contributed by atoms with E-state index in [1.54, 1.807) is 23.9 Å². The minimum Gasteiger partial charge on any atom is -0.394 e. The zero-order valence-corrected chi connectivity index (χ0v) is 12.8. The molecule has 1 N–H and O–H groups in total. The molecule has 1 fully saturated rings. The van der Waals surface area contributed by atoms with Crippen LogP contribution in [-0.4, -0.2) is 44.9 Å². The molecule has 0 radical (unpaired) electrons. The average Bonchev–Trinajstić information content (AvgIpc) is 3.13. The number of thioether (sulfide) groups is 1. The van der Waals surface area contributed by atoms with Crippen molar-refractivity contribution in [3.8, 4) is 0 Å². The molecule has 6 nitrogen and oxygen atoms in total. The zero-order valence-electron chi connectivity index (χ0n) is 12.0. The highest BCUT2D eigenvalue weighted by atomic mass is 32.2. The third kappa shape index (κ3) is 3.00. The minimum atomic E-state index is -1.03. The van der Waals surface area contributed by atoms with Gasteiger partial charge in [-0.25, -0.2) is 14.1 Å². The molecule has 1 aromatic heterocycles. The standard InChI is InChI=1S/C14H16FN3O3S/c1-18-13(16-9-17-18)22-8-14(20-7-12(6-19)21-14)10-2-4-11(15)5-3-10/h2-5,9,12,19H,6-8H2,1H3/t12-,14-/m1/s1. The summed E-state index contributed by atoms with van der Waals surface area (Å²) in [5, 5.41) is 14.0. The second kappa shape index (κ2) is 6.33. The van der Waals surface area contributed by atoms with Gasteiger partial charge in [-0.15, -0.1) is 0 Å². The number of aromatic nitrogens is 3. The molecule has 0 saturated carbocycles. The van der Waals surface area contributed by atoms with Crippen LogP contribution in [0.3, 0.4) is 0 Å². The van der Waals surface area contributed by atoms with Crippen LogP contribution in [0.15, 0.2) is 35.7 Å². The Morgan fingerprint density at radius 1 is 1.45 bits per heavy atom. The SMILES string of the molecule is Cn1ncnc1SC[C@@]1(c2ccc(F)cc2)OC[C@@H](CO)O1. The van der Waals surface area contributed by atoms with Gasteiger partial charge in [0.05, 0.1) is 19.0 Å². The molecule has 1 aliphatic rings. The van der Waals surface area contributed by atoms with E-state index in [0.717, 1.165) is 5.16 Å². The van der Waals surface area contributed by atoms with Gasteiger partial charge in [-0.2, -0.15) is 5.10 Å². The topological polar surface area (TPSA) is 69.4 Å². The van der Waals surface area contributed by atoms with Crippen molar-refractivity contribution in [2.24, 2.45) is 7.05 Å². The first-order valence-corrected chi connectivity index (χ1v) is 7.77. The molecule has 1 aliphatic heterocycles. The molecular weight excluding hydrogens is 309 g/mol. The van der Waals surface area contributed by atoms with Crippen molar-refractivity contribution in [3.05, 3.63) is 42.0 Å². The molecule has 0 unspecified atom stereocenters. The van der Waals surface area contributed by atoms with Crippen molar-refractivity contribution in [2.75, 3.05) is 19.0 Å². The predicted octanol–water partition coefficient (Wildman–Crippen LogP) is 1.31. The van der Waals surface area contributed by atoms with Crippen molar-refractivity contribution in [2.45, 2.75) is 17.0 Å². The van der Waals surface area contributed by atoms with E-state index in [-0.39, 0.29) is 19.0 Å². The van der Waals surface area contributed by atoms with Crippen LogP contribution in [-0.2, 0) is 22.3 Å². The molecule has 1 saturated heterocycles. The first-order chi connectivity index (χ1) is 10.6. The number of rotatable bonds is 5. The van der Waals surface area contributed by atoms with Crippen molar-refractivity contribution in [1.82, 2.24) is 14.8 Å². The fourth-order valence-corrected chi connectivity index (χ4v) is 3.24. The molecule has 8 heteroatoms. The van der Waals surface area contributed by atoms with E-state index in [1.165, 1.54) is 30.2 Å². The lowest BCUT2D eigenvalue weighted by Crippen LogP contribution is -2.32. The number of benzene rings is 1. The number of nitrogens with zero attached hydrogens (tertiary/aromatic N) is 3. The van der Waals surface area contributed by atoms with Crippen molar-refractivity contribution >= 4 is 11.8 Å². The second-order valence-corrected chi connectivity index (χ2v) is 5.89. The van der Waals surface area contributed by atoms with E-state index >= 15 is 0 Å². The number of ether oxygens (including phenoxy) is 2. The largest absolute Gasteiger partial charge is 0.394 e. The first kappa shape index (κ1) is 15.4. The van der Waals surface area contributed by atoms with Gasteiger partial charge in [0, 0.05) is 12.6 Å². The molecule has 2 heterocycles. The highest BCUT2D eigenvalue weighted by molar-refractivity contribution is 7.99. The Hall–Kier alpha value is -1.48. The lowest BCUT2D eigenvalue weighted by molar-refractivity contribution is -0.161. The number of hydrogen-bond donors (Lipinski definition) is 1. The Balaban J connectivity index is 1.84. The fourth-order valence-electron chi connectivity index (χ4n) is 2.24. The number of aryl methyl sites for hydroxylation is 1. The highest BCUT2D eigenvalue weighted by Crippen LogP contribution is 2.38. The summed E-state index contributed by atoms with van der Waals surface area (Å²) in [6, 6.07) is 5.99. The second-order valence-electron chi connectivity index (χ2n) is 4.95. The maximum Gasteiger partial charge on any atom is 0.205 e. The number of aliphatic hydroxyl groups excluding tert-OH is 1. The summed E-state index contributed by atoms with van der Waals surface area (Å²) < 4.78 is 26.5. The van der Waals surface area contributed by atoms with Gasteiger partial charge in [0.1, 0.15) is 18.2 Å². The monoisotopic (exact) mass is 325 g/mol. The lowest BCUT2D eigenvalue weighted by Gasteiger charge is -2.28. The Morgan fingerprint density at radius 2 is 2.23 bits per heavy atom. The third-order valence-corrected chi connectivity index (χ3v) is 4.56. The maximum atomic E-state index is 13.2. The van der Waals surface area contributed by atoms with Crippen LogP contribution in [0.5, 0.6) is 0 Å². The summed E-state index contributed by atoms with van der Waals surface area (Å²) in [5.41, 5.74) is 0.708. The summed E-state index contributed by atoms with van der Waals surface area (Å²) in [6.07, 6.45) is 1.07. The molecule has 0 bridgehead atoms. The molecule has 2 aromatic rings. The van der Waals surface area contributed by atoms with Crippen molar-refractivity contribution < 1.29 is 19.0 Å². The van der Waals surface area contributed by atoms with E-state index < -0.39 is 11.9 Å². The fraction of sp³-hybridized carbons (Fsp3) is 0.429. The quantitative estimate of drug-likeness (QED) is 0.836. The lowest BCUT2D eigenvalue weighted by atomic mass is 10.1. The van der Waals surface area contributed by atoms with E-state index in [9.17, 15) is 9.50 Å². The molecular formula is C14H16FN3O3S. The molecule has 3 rings (SSSR count). The van der Waals surface area contributed by atoms with E-state index in [4.69, 9.17) is 9.47 Å². The van der Waals surface area contributed by atoms with Crippen LogP contribution in [0.4, 0.5) is 4.39 Å². The van der Waals surface area contributed by atoms with Gasteiger partial charge < -0.3 is 14.6 Å². The molecule has 2 atom stereocenters. The van der Waals surface area contributed by atoms with Crippen molar-refractivity contribution in [3.63, 3.8) is 0 Å². The maximum absolute atomic E-state index is 13.2. The van der Waals surface area contributed by atoms with Gasteiger partial charge in [0.25, 0.3) is 0 Å². The Kier molecular flexibility index (Phi) is 4.44. The predicted molar refractivity (Wildman–Crippen MR) is 77.7 cm³/mol. The summed E-state index contributed by atoms with van der Waals surface area (Å²) in [5.74, 6) is -0.934. The normalized spacial score (nSPS) is 24.8. The van der Waals surface area contributed by atoms with Gasteiger partial charge >= 0.3 is 0 Å². The Morgan fingerprint density at radius 3 is 2.82 bits per heavy atom. The molecule has 22 heavy (non-hydrogen) atoms. The van der Waals surface area contributed by atoms with Gasteiger partial charge in [-0.1, -0.05) is 23.9 Å². The first-order valence-electron chi connectivity index (χ1n) is 6.78. The van der Waals surface area contributed by atoms with E-state index in [2.05, 4.69) is 10.1 Å². The van der Waals surface area contributed by atoms with Gasteiger partial charge in [-0.3, -0.25) is 0 Å². The highest BCUT2D eigenvalue weighted by Gasteiger charge is 2.43. The van der Waals surface area contributed by atoms with Crippen LogP contribution >= 0.6 is 11.8 Å².